The number of alkyl halides is 1. The molecule has 0 fully saturated rings. The van der Waals surface area contributed by atoms with Crippen LogP contribution in [0.5, 0.6) is 0 Å². The Balaban J connectivity index is 2.69. The first-order chi connectivity index (χ1) is 12.0. The van der Waals surface area contributed by atoms with Crippen molar-refractivity contribution in [1.82, 2.24) is 0 Å². The highest BCUT2D eigenvalue weighted by Crippen LogP contribution is 2.51. The zero-order chi connectivity index (χ0) is 19.9. The van der Waals surface area contributed by atoms with Crippen LogP contribution >= 0.6 is 39.3 Å². The first-order valence-electron chi connectivity index (χ1n) is 8.50. The van der Waals surface area contributed by atoms with Gasteiger partial charge in [0.25, 0.3) is 0 Å². The summed E-state index contributed by atoms with van der Waals surface area (Å²) in [4.78, 5) is 25.6. The number of hydrogen-bond donors (Lipinski definition) is 0. The topological polar surface area (TPSA) is 43.4 Å². The largest absolute Gasteiger partial charge is 0.428 e. The van der Waals surface area contributed by atoms with Crippen LogP contribution in [0.1, 0.15) is 50.8 Å². The van der Waals surface area contributed by atoms with Gasteiger partial charge in [-0.05, 0) is 69.9 Å². The van der Waals surface area contributed by atoms with Crippen LogP contribution in [-0.4, -0.2) is 21.7 Å². The third-order valence-corrected chi connectivity index (χ3v) is 7.17. The van der Waals surface area contributed by atoms with Gasteiger partial charge in [-0.1, -0.05) is 34.6 Å². The van der Waals surface area contributed by atoms with Crippen molar-refractivity contribution in [1.29, 1.82) is 0 Å². The van der Waals surface area contributed by atoms with Crippen molar-refractivity contribution >= 4 is 56.0 Å². The van der Waals surface area contributed by atoms with Crippen molar-refractivity contribution in [2.45, 2.75) is 52.7 Å². The van der Waals surface area contributed by atoms with E-state index in [2.05, 4.69) is 15.9 Å². The summed E-state index contributed by atoms with van der Waals surface area (Å²) in [5, 5.41) is -0.0608. The number of thioether (sulfide) groups is 1. The van der Waals surface area contributed by atoms with Crippen molar-refractivity contribution in [3.05, 3.63) is 39.1 Å². The van der Waals surface area contributed by atoms with Gasteiger partial charge in [-0.2, -0.15) is 0 Å². The Bertz CT molecular complexity index is 777. The van der Waals surface area contributed by atoms with Crippen LogP contribution in [-0.2, 0) is 14.3 Å². The van der Waals surface area contributed by atoms with E-state index in [-0.39, 0.29) is 11.0 Å². The van der Waals surface area contributed by atoms with Crippen molar-refractivity contribution < 1.29 is 14.3 Å². The summed E-state index contributed by atoms with van der Waals surface area (Å²) in [6.07, 6.45) is 0.672. The van der Waals surface area contributed by atoms with E-state index in [1.807, 2.05) is 39.8 Å². The quantitative estimate of drug-likeness (QED) is 0.398. The lowest BCUT2D eigenvalue weighted by Gasteiger charge is -2.27. The third kappa shape index (κ3) is 3.90. The van der Waals surface area contributed by atoms with Gasteiger partial charge in [0.2, 0.25) is 5.12 Å². The molecule has 2 rings (SSSR count). The Labute approximate surface area is 173 Å². The molecule has 6 heteroatoms. The van der Waals surface area contributed by atoms with Gasteiger partial charge in [-0.25, -0.2) is 0 Å². The fourth-order valence-corrected chi connectivity index (χ4v) is 4.74. The molecule has 0 aromatic heterocycles. The van der Waals surface area contributed by atoms with Gasteiger partial charge in [0, 0.05) is 10.4 Å². The molecule has 0 radical (unpaired) electrons. The lowest BCUT2D eigenvalue weighted by molar-refractivity contribution is -0.148. The Morgan fingerprint density at radius 3 is 2.31 bits per heavy atom. The van der Waals surface area contributed by atoms with Crippen LogP contribution in [0.4, 0.5) is 0 Å². The Morgan fingerprint density at radius 1 is 1.31 bits per heavy atom. The second-order valence-corrected chi connectivity index (χ2v) is 10.2. The second kappa shape index (κ2) is 7.69. The highest BCUT2D eigenvalue weighted by atomic mass is 79.9. The fourth-order valence-electron chi connectivity index (χ4n) is 2.86. The molecule has 1 heterocycles. The van der Waals surface area contributed by atoms with Gasteiger partial charge in [0.05, 0.1) is 15.7 Å². The van der Waals surface area contributed by atoms with Crippen LogP contribution < -0.4 is 0 Å². The summed E-state index contributed by atoms with van der Waals surface area (Å²) in [6, 6.07) is 3.94. The highest BCUT2D eigenvalue weighted by Gasteiger charge is 2.47. The number of aryl methyl sites for hydroxylation is 2. The first-order valence-corrected chi connectivity index (χ1v) is 10.6. The second-order valence-electron chi connectivity index (χ2n) is 7.50. The molecule has 3 nitrogen and oxygen atoms in total. The maximum Gasteiger partial charge on any atom is 0.317 e. The summed E-state index contributed by atoms with van der Waals surface area (Å²) < 4.78 is 6.23. The summed E-state index contributed by atoms with van der Waals surface area (Å²) in [5.74, 6) is 0.184. The molecule has 26 heavy (non-hydrogen) atoms. The minimum Gasteiger partial charge on any atom is -0.428 e. The lowest BCUT2D eigenvalue weighted by atomic mass is 9.91. The minimum absolute atomic E-state index is 0.0608. The minimum atomic E-state index is -0.825. The monoisotopic (exact) mass is 458 g/mol. The zero-order valence-corrected chi connectivity index (χ0v) is 19.1. The van der Waals surface area contributed by atoms with Crippen molar-refractivity contribution in [3.8, 4) is 0 Å². The zero-order valence-electron chi connectivity index (χ0n) is 16.0. The Kier molecular flexibility index (Phi) is 6.36. The summed E-state index contributed by atoms with van der Waals surface area (Å²) in [6.45, 7) is 11.3. The SMILES string of the molecule is CCC1(C)SC(=O)C(c2c(C)cc(Br)cc2C)=C1OC(=O)C(C)(C)CCl. The molecule has 0 bridgehead atoms. The molecular weight excluding hydrogens is 436 g/mol. The molecule has 0 spiro atoms. The van der Waals surface area contributed by atoms with Crippen LogP contribution in [0.15, 0.2) is 22.4 Å². The van der Waals surface area contributed by atoms with Gasteiger partial charge in [-0.15, -0.1) is 11.6 Å². The average molecular weight is 460 g/mol. The molecular formula is C20H24BrClO3S. The molecule has 0 amide bonds. The molecule has 0 saturated carbocycles. The van der Waals surface area contributed by atoms with Crippen molar-refractivity contribution in [2.24, 2.45) is 5.41 Å². The Hall–Kier alpha value is -0.780. The van der Waals surface area contributed by atoms with E-state index in [1.54, 1.807) is 13.8 Å². The summed E-state index contributed by atoms with van der Waals surface area (Å²) in [7, 11) is 0. The average Bonchev–Trinajstić information content (AvgIpc) is 2.78. The number of ether oxygens (including phenoxy) is 1. The number of hydrogen-bond acceptors (Lipinski definition) is 4. The van der Waals surface area contributed by atoms with Crippen molar-refractivity contribution in [2.75, 3.05) is 5.88 Å². The molecule has 0 N–H and O–H groups in total. The Morgan fingerprint density at radius 2 is 1.85 bits per heavy atom. The number of carbonyl (C=O) groups excluding carboxylic acids is 2. The van der Waals surface area contributed by atoms with Gasteiger partial charge in [0.15, 0.2) is 0 Å². The lowest BCUT2D eigenvalue weighted by Crippen LogP contribution is -2.32. The molecule has 1 aromatic carbocycles. The number of rotatable bonds is 5. The molecule has 142 valence electrons. The van der Waals surface area contributed by atoms with E-state index in [4.69, 9.17) is 16.3 Å². The summed E-state index contributed by atoms with van der Waals surface area (Å²) in [5.41, 5.74) is 2.45. The van der Waals surface area contributed by atoms with E-state index in [0.29, 0.717) is 17.8 Å². The van der Waals surface area contributed by atoms with E-state index < -0.39 is 16.1 Å². The molecule has 1 aliphatic heterocycles. The van der Waals surface area contributed by atoms with Crippen LogP contribution in [0, 0.1) is 19.3 Å². The van der Waals surface area contributed by atoms with E-state index in [9.17, 15) is 9.59 Å². The number of benzene rings is 1. The smallest absolute Gasteiger partial charge is 0.317 e. The maximum atomic E-state index is 12.9. The van der Waals surface area contributed by atoms with E-state index >= 15 is 0 Å². The molecule has 1 unspecified atom stereocenters. The first kappa shape index (κ1) is 21.5. The fraction of sp³-hybridized carbons (Fsp3) is 0.500. The van der Waals surface area contributed by atoms with Crippen LogP contribution in [0.3, 0.4) is 0 Å². The standard InChI is InChI=1S/C20H24BrClO3S/c1-7-20(6)16(25-18(24)19(4,5)10-22)15(17(23)26-20)14-11(2)8-13(21)9-12(14)3/h8-9H,7,10H2,1-6H3. The number of halogens is 2. The molecule has 1 aliphatic rings. The maximum absolute atomic E-state index is 12.9. The van der Waals surface area contributed by atoms with Crippen molar-refractivity contribution in [3.63, 3.8) is 0 Å². The third-order valence-electron chi connectivity index (χ3n) is 4.73. The molecule has 0 aliphatic carbocycles. The summed E-state index contributed by atoms with van der Waals surface area (Å²) >= 11 is 10.7. The van der Waals surface area contributed by atoms with Gasteiger partial charge >= 0.3 is 5.97 Å². The number of carbonyl (C=O) groups is 2. The van der Waals surface area contributed by atoms with Crippen LogP contribution in [0.2, 0.25) is 0 Å². The van der Waals surface area contributed by atoms with Crippen LogP contribution in [0.25, 0.3) is 5.57 Å². The molecule has 1 atom stereocenters. The van der Waals surface area contributed by atoms with E-state index in [1.165, 1.54) is 11.8 Å². The molecule has 1 aromatic rings. The molecule has 0 saturated heterocycles. The predicted octanol–water partition coefficient (Wildman–Crippen LogP) is 6.03. The van der Waals surface area contributed by atoms with Gasteiger partial charge in [0.1, 0.15) is 5.76 Å². The number of esters is 1. The van der Waals surface area contributed by atoms with Gasteiger partial charge < -0.3 is 4.74 Å². The highest BCUT2D eigenvalue weighted by molar-refractivity contribution is 9.10. The van der Waals surface area contributed by atoms with Gasteiger partial charge in [-0.3, -0.25) is 9.59 Å². The predicted molar refractivity (Wildman–Crippen MR) is 112 cm³/mol. The van der Waals surface area contributed by atoms with E-state index in [0.717, 1.165) is 21.2 Å². The normalized spacial score (nSPS) is 20.7.